The highest BCUT2D eigenvalue weighted by Crippen LogP contribution is 1.85. The van der Waals surface area contributed by atoms with E-state index in [1.54, 1.807) is 0 Å². The lowest BCUT2D eigenvalue weighted by Gasteiger charge is -2.05. The number of nitrogens with one attached hydrogen (secondary N) is 1. The van der Waals surface area contributed by atoms with Gasteiger partial charge in [-0.1, -0.05) is 0 Å². The molecule has 0 saturated heterocycles. The molecule has 0 bridgehead atoms. The first-order valence-corrected chi connectivity index (χ1v) is 4.17. The van der Waals surface area contributed by atoms with Crippen LogP contribution in [-0.4, -0.2) is 31.1 Å². The first kappa shape index (κ1) is 4.42. The molecule has 0 unspecified atom stereocenters. The molecule has 66 valence electrons. The van der Waals surface area contributed by atoms with Gasteiger partial charge in [-0.25, -0.2) is 8.42 Å². The summed E-state index contributed by atoms with van der Waals surface area (Å²) in [5.74, 6) is -2.57. The van der Waals surface area contributed by atoms with Crippen molar-refractivity contribution in [2.24, 2.45) is 0 Å². The molecule has 0 aliphatic heterocycles. The SMILES string of the molecule is [2H]C([2H])(CCS(=O)(=O)[O-])NC(=O)C([2H])([2H])[2H]. The topological polar surface area (TPSA) is 86.3 Å². The first-order chi connectivity index (χ1) is 6.83. The van der Waals surface area contributed by atoms with Gasteiger partial charge in [0.1, 0.15) is 0 Å². The molecule has 6 heteroatoms. The fraction of sp³-hybridized carbons (Fsp3) is 0.800. The van der Waals surface area contributed by atoms with E-state index in [0.29, 0.717) is 0 Å². The summed E-state index contributed by atoms with van der Waals surface area (Å²) < 4.78 is 64.8. The number of carbonyl (C=O) groups excluding carboxylic acids is 1. The van der Waals surface area contributed by atoms with Crippen molar-refractivity contribution < 1.29 is 24.6 Å². The summed E-state index contributed by atoms with van der Waals surface area (Å²) in [6.45, 7) is -5.58. The Morgan fingerprint density at radius 2 is 2.45 bits per heavy atom. The van der Waals surface area contributed by atoms with E-state index in [1.807, 2.05) is 0 Å². The van der Waals surface area contributed by atoms with Gasteiger partial charge in [-0.05, 0) is 6.42 Å². The summed E-state index contributed by atoms with van der Waals surface area (Å²) in [5, 5.41) is 1.50. The minimum atomic E-state index is -4.61. The highest BCUT2D eigenvalue weighted by molar-refractivity contribution is 7.85. The molecule has 0 saturated carbocycles. The highest BCUT2D eigenvalue weighted by Gasteiger charge is 1.95. The van der Waals surface area contributed by atoms with Crippen LogP contribution in [0.15, 0.2) is 0 Å². The molecule has 0 aromatic rings. The molecule has 0 atom stereocenters. The predicted molar refractivity (Wildman–Crippen MR) is 37.9 cm³/mol. The van der Waals surface area contributed by atoms with Gasteiger partial charge in [0.05, 0.1) is 10.1 Å². The molecule has 0 aromatic heterocycles. The fourth-order valence-electron chi connectivity index (χ4n) is 0.319. The van der Waals surface area contributed by atoms with Crippen LogP contribution >= 0.6 is 0 Å². The summed E-state index contributed by atoms with van der Waals surface area (Å²) in [6.07, 6.45) is -0.805. The Balaban J connectivity index is 4.42. The van der Waals surface area contributed by atoms with E-state index in [2.05, 4.69) is 0 Å². The van der Waals surface area contributed by atoms with E-state index in [1.165, 1.54) is 5.32 Å². The largest absolute Gasteiger partial charge is 0.748 e. The second-order valence-corrected chi connectivity index (χ2v) is 3.17. The first-order valence-electron chi connectivity index (χ1n) is 5.10. The van der Waals surface area contributed by atoms with E-state index >= 15 is 0 Å². The van der Waals surface area contributed by atoms with Crippen molar-refractivity contribution in [2.75, 3.05) is 12.2 Å². The van der Waals surface area contributed by atoms with Gasteiger partial charge in [0.25, 0.3) is 0 Å². The minimum absolute atomic E-state index is 0.805. The molecular weight excluding hydrogens is 170 g/mol. The molecule has 0 aliphatic carbocycles. The van der Waals surface area contributed by atoms with E-state index < -0.39 is 41.5 Å². The number of rotatable bonds is 4. The van der Waals surface area contributed by atoms with Crippen LogP contribution in [0, 0.1) is 0 Å². The summed E-state index contributed by atoms with van der Waals surface area (Å²) >= 11 is 0. The quantitative estimate of drug-likeness (QED) is 0.572. The van der Waals surface area contributed by atoms with Crippen LogP contribution < -0.4 is 5.32 Å². The van der Waals surface area contributed by atoms with E-state index in [-0.39, 0.29) is 0 Å². The Morgan fingerprint density at radius 3 is 2.91 bits per heavy atom. The van der Waals surface area contributed by atoms with E-state index in [4.69, 9.17) is 6.85 Å². The average molecular weight is 185 g/mol. The Bertz CT molecular complexity index is 362. The smallest absolute Gasteiger partial charge is 0.216 e. The molecule has 1 N–H and O–H groups in total. The second-order valence-electron chi connectivity index (χ2n) is 1.64. The lowest BCUT2D eigenvalue weighted by molar-refractivity contribution is -0.118. The van der Waals surface area contributed by atoms with Gasteiger partial charge >= 0.3 is 0 Å². The number of hydrogen-bond acceptors (Lipinski definition) is 4. The molecular formula is C5H10NO4S-. The van der Waals surface area contributed by atoms with Crippen LogP contribution in [0.3, 0.4) is 0 Å². The van der Waals surface area contributed by atoms with Gasteiger partial charge in [0.2, 0.25) is 5.91 Å². The van der Waals surface area contributed by atoms with Gasteiger partial charge in [-0.3, -0.25) is 4.79 Å². The normalized spacial score (nSPS) is 20.3. The van der Waals surface area contributed by atoms with Crippen molar-refractivity contribution in [1.82, 2.24) is 5.32 Å². The zero-order valence-electron chi connectivity index (χ0n) is 10.5. The lowest BCUT2D eigenvalue weighted by Crippen LogP contribution is -2.22. The Labute approximate surface area is 72.6 Å². The maximum atomic E-state index is 10.9. The zero-order chi connectivity index (χ0) is 13.2. The van der Waals surface area contributed by atoms with Gasteiger partial charge in [0, 0.05) is 26.0 Å². The van der Waals surface area contributed by atoms with Crippen molar-refractivity contribution in [3.05, 3.63) is 0 Å². The number of carbonyl (C=O) groups is 1. The third-order valence-corrected chi connectivity index (χ3v) is 1.38. The highest BCUT2D eigenvalue weighted by atomic mass is 32.2. The molecule has 0 rings (SSSR count). The van der Waals surface area contributed by atoms with Crippen molar-refractivity contribution in [3.63, 3.8) is 0 Å². The minimum Gasteiger partial charge on any atom is -0.748 e. The Morgan fingerprint density at radius 1 is 1.82 bits per heavy atom. The second kappa shape index (κ2) is 4.30. The maximum absolute atomic E-state index is 10.9. The lowest BCUT2D eigenvalue weighted by atomic mass is 10.5. The molecule has 0 radical (unpaired) electrons. The van der Waals surface area contributed by atoms with E-state index in [9.17, 15) is 17.8 Å². The zero-order valence-corrected chi connectivity index (χ0v) is 6.27. The Kier molecular flexibility index (Phi) is 1.73. The average Bonchev–Trinajstić information content (AvgIpc) is 1.97. The summed E-state index contributed by atoms with van der Waals surface area (Å²) in [6, 6.07) is 0. The van der Waals surface area contributed by atoms with Crippen molar-refractivity contribution in [3.8, 4) is 0 Å². The summed E-state index contributed by atoms with van der Waals surface area (Å²) in [7, 11) is -4.61. The molecule has 0 heterocycles. The number of amides is 1. The third kappa shape index (κ3) is 9.38. The Hall–Kier alpha value is -0.620. The van der Waals surface area contributed by atoms with Crippen LogP contribution in [0.1, 0.15) is 20.1 Å². The van der Waals surface area contributed by atoms with Crippen LogP contribution in [0.5, 0.6) is 0 Å². The van der Waals surface area contributed by atoms with Crippen LogP contribution in [0.4, 0.5) is 0 Å². The molecule has 0 aliphatic rings. The van der Waals surface area contributed by atoms with Gasteiger partial charge in [0.15, 0.2) is 0 Å². The van der Waals surface area contributed by atoms with E-state index in [0.717, 1.165) is 0 Å². The summed E-state index contributed by atoms with van der Waals surface area (Å²) in [4.78, 5) is 10.9. The van der Waals surface area contributed by atoms with Crippen molar-refractivity contribution in [1.29, 1.82) is 0 Å². The standard InChI is InChI=1S/C5H11NO4S/c1-5(7)6-3-2-4-11(8,9)10/h2-4H2,1H3,(H,6,7)(H,8,9,10)/p-1/i1D3,3D2. The number of hydrogen-bond donors (Lipinski definition) is 1. The maximum Gasteiger partial charge on any atom is 0.216 e. The van der Waals surface area contributed by atoms with Crippen LogP contribution in [0.25, 0.3) is 0 Å². The molecule has 0 aromatic carbocycles. The molecule has 5 nitrogen and oxygen atoms in total. The van der Waals surface area contributed by atoms with Crippen LogP contribution in [-0.2, 0) is 14.9 Å². The van der Waals surface area contributed by atoms with Gasteiger partial charge in [-0.15, -0.1) is 0 Å². The monoisotopic (exact) mass is 185 g/mol. The molecule has 11 heavy (non-hydrogen) atoms. The van der Waals surface area contributed by atoms with Crippen LogP contribution in [0.2, 0.25) is 0 Å². The molecule has 1 amide bonds. The summed E-state index contributed by atoms with van der Waals surface area (Å²) in [5.41, 5.74) is 0. The fourth-order valence-corrected chi connectivity index (χ4v) is 0.671. The van der Waals surface area contributed by atoms with Gasteiger partial charge in [-0.2, -0.15) is 0 Å². The van der Waals surface area contributed by atoms with Gasteiger partial charge < -0.3 is 9.87 Å². The van der Waals surface area contributed by atoms with Crippen molar-refractivity contribution in [2.45, 2.75) is 13.3 Å². The molecule has 0 spiro atoms. The molecule has 0 fully saturated rings. The predicted octanol–water partition coefficient (Wildman–Crippen LogP) is -0.942. The third-order valence-electron chi connectivity index (χ3n) is 0.679. The van der Waals surface area contributed by atoms with Crippen molar-refractivity contribution >= 4 is 16.0 Å².